The monoisotopic (exact) mass is 397 g/mol. The summed E-state index contributed by atoms with van der Waals surface area (Å²) in [7, 11) is 0. The summed E-state index contributed by atoms with van der Waals surface area (Å²) in [5.41, 5.74) is 0.228. The lowest BCUT2D eigenvalue weighted by Crippen LogP contribution is -2.48. The standard InChI is InChI=1S/C19H22F3N3O3/c1-3-27-18(26)25-9-7-24(8-10-25)12-16-13(2)28-17(23-16)14-5-4-6-15(11-14)19(20,21)22/h4-6,11H,3,7-10,12H2,1-2H3. The zero-order chi connectivity index (χ0) is 20.3. The largest absolute Gasteiger partial charge is 0.450 e. The normalized spacial score (nSPS) is 15.7. The van der Waals surface area contributed by atoms with E-state index in [0.29, 0.717) is 50.8 Å². The number of benzene rings is 1. The summed E-state index contributed by atoms with van der Waals surface area (Å²) in [6.45, 7) is 6.78. The van der Waals surface area contributed by atoms with E-state index in [1.54, 1.807) is 24.8 Å². The van der Waals surface area contributed by atoms with Crippen LogP contribution in [0.3, 0.4) is 0 Å². The third kappa shape index (κ3) is 4.64. The molecule has 0 unspecified atom stereocenters. The average molecular weight is 397 g/mol. The van der Waals surface area contributed by atoms with Crippen LogP contribution in [0.4, 0.5) is 18.0 Å². The number of halogens is 3. The highest BCUT2D eigenvalue weighted by Gasteiger charge is 2.31. The summed E-state index contributed by atoms with van der Waals surface area (Å²) in [6, 6.07) is 4.94. The van der Waals surface area contributed by atoms with E-state index < -0.39 is 11.7 Å². The van der Waals surface area contributed by atoms with Crippen LogP contribution in [-0.2, 0) is 17.5 Å². The van der Waals surface area contributed by atoms with E-state index >= 15 is 0 Å². The number of aromatic nitrogens is 1. The minimum absolute atomic E-state index is 0.170. The van der Waals surface area contributed by atoms with Gasteiger partial charge in [0.1, 0.15) is 5.76 Å². The molecule has 0 atom stereocenters. The molecule has 1 amide bonds. The molecule has 0 N–H and O–H groups in total. The number of piperazine rings is 1. The number of carbonyl (C=O) groups excluding carboxylic acids is 1. The first-order valence-corrected chi connectivity index (χ1v) is 9.06. The highest BCUT2D eigenvalue weighted by atomic mass is 19.4. The van der Waals surface area contributed by atoms with E-state index in [1.165, 1.54) is 6.07 Å². The van der Waals surface area contributed by atoms with Crippen molar-refractivity contribution >= 4 is 6.09 Å². The van der Waals surface area contributed by atoms with Crippen molar-refractivity contribution in [2.45, 2.75) is 26.6 Å². The number of carbonyl (C=O) groups is 1. The lowest BCUT2D eigenvalue weighted by molar-refractivity contribution is -0.137. The maximum Gasteiger partial charge on any atom is 0.416 e. The Hall–Kier alpha value is -2.55. The van der Waals surface area contributed by atoms with Crippen LogP contribution in [-0.4, -0.2) is 53.7 Å². The van der Waals surface area contributed by atoms with Crippen molar-refractivity contribution in [2.75, 3.05) is 32.8 Å². The molecule has 0 saturated carbocycles. The van der Waals surface area contributed by atoms with Gasteiger partial charge in [-0.15, -0.1) is 0 Å². The van der Waals surface area contributed by atoms with Crippen LogP contribution < -0.4 is 0 Å². The molecule has 9 heteroatoms. The number of oxazole rings is 1. The zero-order valence-electron chi connectivity index (χ0n) is 15.8. The molecule has 0 bridgehead atoms. The molecule has 0 aliphatic carbocycles. The number of hydrogen-bond donors (Lipinski definition) is 0. The number of nitrogens with zero attached hydrogens (tertiary/aromatic N) is 3. The van der Waals surface area contributed by atoms with Gasteiger partial charge in [-0.1, -0.05) is 6.07 Å². The molecule has 0 radical (unpaired) electrons. The molecule has 2 heterocycles. The first-order chi connectivity index (χ1) is 13.3. The van der Waals surface area contributed by atoms with Gasteiger partial charge in [-0.05, 0) is 32.0 Å². The van der Waals surface area contributed by atoms with Gasteiger partial charge in [0.25, 0.3) is 0 Å². The SMILES string of the molecule is CCOC(=O)N1CCN(Cc2nc(-c3cccc(C(F)(F)F)c3)oc2C)CC1. The summed E-state index contributed by atoms with van der Waals surface area (Å²) >= 11 is 0. The molecule has 1 aliphatic rings. The summed E-state index contributed by atoms with van der Waals surface area (Å²) < 4.78 is 49.4. The predicted octanol–water partition coefficient (Wildman–Crippen LogP) is 3.94. The molecule has 1 aliphatic heterocycles. The van der Waals surface area contributed by atoms with Gasteiger partial charge >= 0.3 is 12.3 Å². The van der Waals surface area contributed by atoms with Gasteiger partial charge in [-0.2, -0.15) is 13.2 Å². The van der Waals surface area contributed by atoms with Crippen LogP contribution in [0.1, 0.15) is 23.9 Å². The quantitative estimate of drug-likeness (QED) is 0.782. The van der Waals surface area contributed by atoms with Crippen molar-refractivity contribution in [3.63, 3.8) is 0 Å². The Morgan fingerprint density at radius 2 is 1.96 bits per heavy atom. The highest BCUT2D eigenvalue weighted by molar-refractivity contribution is 5.67. The second-order valence-electron chi connectivity index (χ2n) is 6.56. The zero-order valence-corrected chi connectivity index (χ0v) is 15.8. The van der Waals surface area contributed by atoms with Crippen LogP contribution in [0.15, 0.2) is 28.7 Å². The Bertz CT molecular complexity index is 827. The van der Waals surface area contributed by atoms with Gasteiger partial charge in [-0.3, -0.25) is 4.90 Å². The van der Waals surface area contributed by atoms with Gasteiger partial charge in [0.15, 0.2) is 0 Å². The van der Waals surface area contributed by atoms with Crippen molar-refractivity contribution in [3.05, 3.63) is 41.3 Å². The Kier molecular flexibility index (Phi) is 5.93. The number of rotatable bonds is 4. The first kappa shape index (κ1) is 20.2. The lowest BCUT2D eigenvalue weighted by atomic mass is 10.1. The van der Waals surface area contributed by atoms with Gasteiger partial charge < -0.3 is 14.1 Å². The number of ether oxygens (including phenoxy) is 1. The van der Waals surface area contributed by atoms with E-state index in [9.17, 15) is 18.0 Å². The van der Waals surface area contributed by atoms with Crippen LogP contribution in [0, 0.1) is 6.92 Å². The molecule has 1 aromatic heterocycles. The first-order valence-electron chi connectivity index (χ1n) is 9.06. The van der Waals surface area contributed by atoms with Crippen LogP contribution in [0.25, 0.3) is 11.5 Å². The summed E-state index contributed by atoms with van der Waals surface area (Å²) in [5.74, 6) is 0.740. The third-order valence-corrected chi connectivity index (χ3v) is 4.60. The smallest absolute Gasteiger partial charge is 0.416 e. The summed E-state index contributed by atoms with van der Waals surface area (Å²) in [5, 5.41) is 0. The molecule has 3 rings (SSSR count). The van der Waals surface area contributed by atoms with Crippen molar-refractivity contribution in [1.29, 1.82) is 0 Å². The number of amides is 1. The third-order valence-electron chi connectivity index (χ3n) is 4.60. The van der Waals surface area contributed by atoms with Gasteiger partial charge in [0.05, 0.1) is 17.9 Å². The molecule has 1 saturated heterocycles. The Balaban J connectivity index is 1.66. The fourth-order valence-electron chi connectivity index (χ4n) is 3.04. The van der Waals surface area contributed by atoms with E-state index in [-0.39, 0.29) is 17.5 Å². The van der Waals surface area contributed by atoms with Gasteiger partial charge in [0, 0.05) is 38.3 Å². The number of alkyl halides is 3. The summed E-state index contributed by atoms with van der Waals surface area (Å²) in [6.07, 6.45) is -4.73. The fourth-order valence-corrected chi connectivity index (χ4v) is 3.04. The Morgan fingerprint density at radius 3 is 2.61 bits per heavy atom. The molecule has 1 aromatic carbocycles. The Morgan fingerprint density at radius 1 is 1.25 bits per heavy atom. The second-order valence-corrected chi connectivity index (χ2v) is 6.56. The maximum atomic E-state index is 12.9. The van der Waals surface area contributed by atoms with Gasteiger partial charge in [0.2, 0.25) is 5.89 Å². The Labute approximate surface area is 160 Å². The minimum atomic E-state index is -4.42. The molecule has 152 valence electrons. The fraction of sp³-hybridized carbons (Fsp3) is 0.474. The molecular formula is C19H22F3N3O3. The van der Waals surface area contributed by atoms with E-state index in [4.69, 9.17) is 9.15 Å². The van der Waals surface area contributed by atoms with Crippen LogP contribution in [0.5, 0.6) is 0 Å². The molecule has 1 fully saturated rings. The van der Waals surface area contributed by atoms with E-state index in [1.807, 2.05) is 0 Å². The van der Waals surface area contributed by atoms with E-state index in [2.05, 4.69) is 9.88 Å². The van der Waals surface area contributed by atoms with E-state index in [0.717, 1.165) is 12.1 Å². The van der Waals surface area contributed by atoms with Gasteiger partial charge in [-0.25, -0.2) is 9.78 Å². The minimum Gasteiger partial charge on any atom is -0.450 e. The maximum absolute atomic E-state index is 12.9. The van der Waals surface area contributed by atoms with Crippen LogP contribution >= 0.6 is 0 Å². The molecule has 28 heavy (non-hydrogen) atoms. The topological polar surface area (TPSA) is 58.8 Å². The second kappa shape index (κ2) is 8.22. The van der Waals surface area contributed by atoms with Crippen molar-refractivity contribution in [2.24, 2.45) is 0 Å². The lowest BCUT2D eigenvalue weighted by Gasteiger charge is -2.33. The van der Waals surface area contributed by atoms with Crippen LogP contribution in [0.2, 0.25) is 0 Å². The number of aryl methyl sites for hydroxylation is 1. The molecule has 2 aromatic rings. The van der Waals surface area contributed by atoms with Crippen molar-refractivity contribution in [1.82, 2.24) is 14.8 Å². The predicted molar refractivity (Wildman–Crippen MR) is 95.6 cm³/mol. The summed E-state index contributed by atoms with van der Waals surface area (Å²) in [4.78, 5) is 19.9. The highest BCUT2D eigenvalue weighted by Crippen LogP contribution is 2.32. The van der Waals surface area contributed by atoms with Crippen molar-refractivity contribution in [3.8, 4) is 11.5 Å². The van der Waals surface area contributed by atoms with Crippen molar-refractivity contribution < 1.29 is 27.1 Å². The molecular weight excluding hydrogens is 375 g/mol. The molecule has 6 nitrogen and oxygen atoms in total. The number of hydrogen-bond acceptors (Lipinski definition) is 5. The average Bonchev–Trinajstić information content (AvgIpc) is 3.02. The molecule has 0 spiro atoms.